The molecule has 0 aromatic carbocycles. The zero-order chi connectivity index (χ0) is 12.0. The molecule has 0 saturated carbocycles. The van der Waals surface area contributed by atoms with Crippen LogP contribution in [0.1, 0.15) is 6.42 Å². The summed E-state index contributed by atoms with van der Waals surface area (Å²) in [5.74, 6) is -0.730. The molecule has 16 heavy (non-hydrogen) atoms. The molecule has 6 nitrogen and oxygen atoms in total. The summed E-state index contributed by atoms with van der Waals surface area (Å²) in [6.07, 6.45) is 0.190. The summed E-state index contributed by atoms with van der Waals surface area (Å²) in [6.45, 7) is 4.36. The Kier molecular flexibility index (Phi) is 5.21. The van der Waals surface area contributed by atoms with Gasteiger partial charge in [-0.25, -0.2) is 0 Å². The number of rotatable bonds is 5. The number of hydrogen-bond donors (Lipinski definition) is 2. The zero-order valence-corrected chi connectivity index (χ0v) is 9.61. The number of nitrogens with zero attached hydrogens (tertiary/aromatic N) is 2. The molecule has 0 aliphatic carbocycles. The Bertz CT molecular complexity index is 250. The van der Waals surface area contributed by atoms with Gasteiger partial charge in [0.2, 0.25) is 5.91 Å². The molecule has 0 aromatic rings. The molecule has 0 radical (unpaired) electrons. The van der Waals surface area contributed by atoms with Crippen LogP contribution in [0.3, 0.4) is 0 Å². The van der Waals surface area contributed by atoms with Gasteiger partial charge in [-0.3, -0.25) is 14.5 Å². The first-order valence-electron chi connectivity index (χ1n) is 5.49. The van der Waals surface area contributed by atoms with E-state index in [4.69, 9.17) is 5.11 Å². The lowest BCUT2D eigenvalue weighted by Gasteiger charge is -2.33. The normalized spacial score (nSPS) is 18.3. The fourth-order valence-electron chi connectivity index (χ4n) is 1.71. The van der Waals surface area contributed by atoms with Crippen molar-refractivity contribution in [2.45, 2.75) is 6.42 Å². The van der Waals surface area contributed by atoms with Crippen molar-refractivity contribution >= 4 is 11.9 Å². The molecule has 92 valence electrons. The SMILES string of the molecule is CNC(=O)CN1CCN(CCC(=O)O)CC1. The molecular weight excluding hydrogens is 210 g/mol. The molecule has 0 bridgehead atoms. The van der Waals surface area contributed by atoms with E-state index in [-0.39, 0.29) is 12.3 Å². The van der Waals surface area contributed by atoms with E-state index in [1.165, 1.54) is 0 Å². The Morgan fingerprint density at radius 2 is 1.75 bits per heavy atom. The number of piperazine rings is 1. The van der Waals surface area contributed by atoms with Crippen molar-refractivity contribution in [2.75, 3.05) is 46.3 Å². The highest BCUT2D eigenvalue weighted by Crippen LogP contribution is 2.01. The quantitative estimate of drug-likeness (QED) is 0.621. The van der Waals surface area contributed by atoms with Crippen molar-refractivity contribution < 1.29 is 14.7 Å². The number of aliphatic carboxylic acids is 1. The van der Waals surface area contributed by atoms with Crippen LogP contribution in [-0.4, -0.2) is 73.1 Å². The van der Waals surface area contributed by atoms with Gasteiger partial charge < -0.3 is 15.3 Å². The fraction of sp³-hybridized carbons (Fsp3) is 0.800. The molecule has 1 saturated heterocycles. The number of carboxylic acids is 1. The first-order valence-corrected chi connectivity index (χ1v) is 5.49. The van der Waals surface area contributed by atoms with E-state index >= 15 is 0 Å². The van der Waals surface area contributed by atoms with E-state index in [0.717, 1.165) is 26.2 Å². The molecule has 1 amide bonds. The van der Waals surface area contributed by atoms with E-state index in [1.807, 2.05) is 0 Å². The van der Waals surface area contributed by atoms with E-state index < -0.39 is 5.97 Å². The third-order valence-corrected chi connectivity index (χ3v) is 2.75. The topological polar surface area (TPSA) is 72.9 Å². The maximum absolute atomic E-state index is 11.1. The number of carbonyl (C=O) groups is 2. The molecule has 1 rings (SSSR count). The minimum atomic E-state index is -0.757. The summed E-state index contributed by atoms with van der Waals surface area (Å²) in [6, 6.07) is 0. The average molecular weight is 229 g/mol. The van der Waals surface area contributed by atoms with Gasteiger partial charge in [-0.05, 0) is 0 Å². The van der Waals surface area contributed by atoms with Gasteiger partial charge in [-0.15, -0.1) is 0 Å². The molecule has 0 aromatic heterocycles. The maximum atomic E-state index is 11.1. The third-order valence-electron chi connectivity index (χ3n) is 2.75. The van der Waals surface area contributed by atoms with Gasteiger partial charge in [0.25, 0.3) is 0 Å². The second kappa shape index (κ2) is 6.44. The molecule has 0 atom stereocenters. The third kappa shape index (κ3) is 4.59. The standard InChI is InChI=1S/C10H19N3O3/c1-11-9(14)8-13-6-4-12(5-7-13)3-2-10(15)16/h2-8H2,1H3,(H,11,14)(H,15,16). The van der Waals surface area contributed by atoms with Crippen LogP contribution in [-0.2, 0) is 9.59 Å². The van der Waals surface area contributed by atoms with Crippen molar-refractivity contribution in [3.05, 3.63) is 0 Å². The summed E-state index contributed by atoms with van der Waals surface area (Å²) in [4.78, 5) is 25.7. The van der Waals surface area contributed by atoms with Crippen molar-refractivity contribution in [3.8, 4) is 0 Å². The first kappa shape index (κ1) is 12.9. The Labute approximate surface area is 95.2 Å². The van der Waals surface area contributed by atoms with Gasteiger partial charge in [0.1, 0.15) is 0 Å². The minimum absolute atomic E-state index is 0.0268. The molecule has 1 aliphatic rings. The van der Waals surface area contributed by atoms with Crippen LogP contribution in [0.15, 0.2) is 0 Å². The van der Waals surface area contributed by atoms with Crippen molar-refractivity contribution in [1.29, 1.82) is 0 Å². The molecule has 1 aliphatic heterocycles. The van der Waals surface area contributed by atoms with Gasteiger partial charge in [-0.1, -0.05) is 0 Å². The number of carbonyl (C=O) groups excluding carboxylic acids is 1. The average Bonchev–Trinajstić information content (AvgIpc) is 2.28. The molecule has 6 heteroatoms. The number of nitrogens with one attached hydrogen (secondary N) is 1. The number of likely N-dealkylation sites (N-methyl/N-ethyl adjacent to an activating group) is 1. The van der Waals surface area contributed by atoms with Crippen LogP contribution >= 0.6 is 0 Å². The van der Waals surface area contributed by atoms with Crippen LogP contribution in [0.4, 0.5) is 0 Å². The summed E-state index contributed by atoms with van der Waals surface area (Å²) in [5, 5.41) is 11.1. The second-order valence-corrected chi connectivity index (χ2v) is 3.93. The smallest absolute Gasteiger partial charge is 0.304 e. The van der Waals surface area contributed by atoms with Gasteiger partial charge >= 0.3 is 5.97 Å². The highest BCUT2D eigenvalue weighted by atomic mass is 16.4. The number of carboxylic acid groups (broad SMARTS) is 1. The summed E-state index contributed by atoms with van der Waals surface area (Å²) in [5.41, 5.74) is 0. The van der Waals surface area contributed by atoms with Crippen LogP contribution in [0, 0.1) is 0 Å². The Hall–Kier alpha value is -1.14. The van der Waals surface area contributed by atoms with Crippen molar-refractivity contribution in [1.82, 2.24) is 15.1 Å². The predicted molar refractivity (Wildman–Crippen MR) is 59.2 cm³/mol. The molecule has 2 N–H and O–H groups in total. The van der Waals surface area contributed by atoms with Crippen LogP contribution in [0.25, 0.3) is 0 Å². The summed E-state index contributed by atoms with van der Waals surface area (Å²) in [7, 11) is 1.63. The number of amides is 1. The molecule has 1 fully saturated rings. The van der Waals surface area contributed by atoms with Crippen LogP contribution < -0.4 is 5.32 Å². The predicted octanol–water partition coefficient (Wildman–Crippen LogP) is -1.18. The molecule has 1 heterocycles. The lowest BCUT2D eigenvalue weighted by molar-refractivity contribution is -0.137. The monoisotopic (exact) mass is 229 g/mol. The largest absolute Gasteiger partial charge is 0.481 e. The molecule has 0 spiro atoms. The second-order valence-electron chi connectivity index (χ2n) is 3.93. The van der Waals surface area contributed by atoms with Gasteiger partial charge in [0.15, 0.2) is 0 Å². The Morgan fingerprint density at radius 1 is 1.19 bits per heavy atom. The number of hydrogen-bond acceptors (Lipinski definition) is 4. The van der Waals surface area contributed by atoms with Crippen molar-refractivity contribution in [3.63, 3.8) is 0 Å². The Morgan fingerprint density at radius 3 is 2.25 bits per heavy atom. The van der Waals surface area contributed by atoms with Gasteiger partial charge in [0, 0.05) is 39.8 Å². The van der Waals surface area contributed by atoms with E-state index in [9.17, 15) is 9.59 Å². The molecular formula is C10H19N3O3. The summed E-state index contributed by atoms with van der Waals surface area (Å²) < 4.78 is 0. The van der Waals surface area contributed by atoms with Crippen LogP contribution in [0.2, 0.25) is 0 Å². The highest BCUT2D eigenvalue weighted by Gasteiger charge is 2.18. The maximum Gasteiger partial charge on any atom is 0.304 e. The Balaban J connectivity index is 2.18. The van der Waals surface area contributed by atoms with Gasteiger partial charge in [0.05, 0.1) is 13.0 Å². The first-order chi connectivity index (χ1) is 7.61. The van der Waals surface area contributed by atoms with Crippen LogP contribution in [0.5, 0.6) is 0 Å². The lowest BCUT2D eigenvalue weighted by atomic mass is 10.3. The molecule has 0 unspecified atom stereocenters. The highest BCUT2D eigenvalue weighted by molar-refractivity contribution is 5.77. The van der Waals surface area contributed by atoms with E-state index in [0.29, 0.717) is 13.1 Å². The van der Waals surface area contributed by atoms with Crippen molar-refractivity contribution in [2.24, 2.45) is 0 Å². The van der Waals surface area contributed by atoms with E-state index in [2.05, 4.69) is 15.1 Å². The lowest BCUT2D eigenvalue weighted by Crippen LogP contribution is -2.49. The van der Waals surface area contributed by atoms with E-state index in [1.54, 1.807) is 7.05 Å². The van der Waals surface area contributed by atoms with Gasteiger partial charge in [-0.2, -0.15) is 0 Å². The fourth-order valence-corrected chi connectivity index (χ4v) is 1.71. The minimum Gasteiger partial charge on any atom is -0.481 e. The zero-order valence-electron chi connectivity index (χ0n) is 9.61. The summed E-state index contributed by atoms with van der Waals surface area (Å²) >= 11 is 0.